The maximum atomic E-state index is 14.3. The number of fused-ring (bicyclic) bond motifs is 2. The molecule has 3 saturated heterocycles. The van der Waals surface area contributed by atoms with Gasteiger partial charge in [-0.2, -0.15) is 0 Å². The molecule has 2 N–H and O–H groups in total. The Morgan fingerprint density at radius 3 is 2.58 bits per heavy atom. The van der Waals surface area contributed by atoms with Crippen molar-refractivity contribution < 1.29 is 29.0 Å². The lowest BCUT2D eigenvalue weighted by molar-refractivity contribution is -0.155. The van der Waals surface area contributed by atoms with Crippen molar-refractivity contribution in [2.24, 2.45) is 11.8 Å². The van der Waals surface area contributed by atoms with Crippen molar-refractivity contribution in [1.29, 1.82) is 0 Å². The van der Waals surface area contributed by atoms with Gasteiger partial charge in [-0.1, -0.05) is 76.6 Å². The van der Waals surface area contributed by atoms with Crippen molar-refractivity contribution in [1.82, 2.24) is 4.90 Å². The highest BCUT2D eigenvalue weighted by atomic mass is 79.9. The zero-order chi connectivity index (χ0) is 28.0. The van der Waals surface area contributed by atoms with Gasteiger partial charge in [0, 0.05) is 10.5 Å². The predicted octanol–water partition coefficient (Wildman–Crippen LogP) is 3.69. The number of hydrogen-bond acceptors (Lipinski definition) is 6. The van der Waals surface area contributed by atoms with E-state index in [-0.39, 0.29) is 23.9 Å². The third kappa shape index (κ3) is 4.31. The average Bonchev–Trinajstić information content (AvgIpc) is 3.55. The second-order valence-corrected chi connectivity index (χ2v) is 11.9. The predicted molar refractivity (Wildman–Crippen MR) is 153 cm³/mol. The number of alkyl halides is 1. The number of ether oxygens (including phenoxy) is 2. The van der Waals surface area contributed by atoms with Crippen molar-refractivity contribution in [3.8, 4) is 0 Å². The maximum Gasteiger partial charge on any atom is 0.312 e. The van der Waals surface area contributed by atoms with E-state index in [2.05, 4.69) is 21.2 Å². The van der Waals surface area contributed by atoms with Gasteiger partial charge in [0.15, 0.2) is 0 Å². The van der Waals surface area contributed by atoms with Crippen LogP contribution in [0.3, 0.4) is 0 Å². The monoisotopic (exact) mass is 606 g/mol. The highest BCUT2D eigenvalue weighted by Gasteiger charge is 2.77. The number of aliphatic hydroxyl groups excluding tert-OH is 1. The van der Waals surface area contributed by atoms with Gasteiger partial charge in [0.05, 0.1) is 37.2 Å². The van der Waals surface area contributed by atoms with Crippen molar-refractivity contribution >= 4 is 50.2 Å². The van der Waals surface area contributed by atoms with Gasteiger partial charge in [0.25, 0.3) is 0 Å². The molecule has 3 heterocycles. The molecule has 0 aromatic heterocycles. The van der Waals surface area contributed by atoms with Crippen LogP contribution < -0.4 is 5.32 Å². The number of hydrogen-bond donors (Lipinski definition) is 2. The smallest absolute Gasteiger partial charge is 0.312 e. The number of amides is 2. The molecule has 3 fully saturated rings. The highest BCUT2D eigenvalue weighted by Crippen LogP contribution is 2.60. The summed E-state index contributed by atoms with van der Waals surface area (Å²) in [5, 5.41) is 15.6. The molecule has 0 radical (unpaired) electrons. The molecule has 7 atom stereocenters. The van der Waals surface area contributed by atoms with E-state index in [1.807, 2.05) is 72.8 Å². The van der Waals surface area contributed by atoms with Gasteiger partial charge in [0.1, 0.15) is 11.6 Å². The minimum atomic E-state index is -1.24. The van der Waals surface area contributed by atoms with Crippen LogP contribution in [-0.4, -0.2) is 69.6 Å². The normalized spacial score (nSPS) is 29.4. The molecule has 3 aliphatic heterocycles. The third-order valence-corrected chi connectivity index (χ3v) is 9.31. The van der Waals surface area contributed by atoms with Crippen molar-refractivity contribution in [2.75, 3.05) is 18.5 Å². The summed E-state index contributed by atoms with van der Waals surface area (Å²) in [4.78, 5) is 42.9. The van der Waals surface area contributed by atoms with Gasteiger partial charge in [0.2, 0.25) is 11.8 Å². The van der Waals surface area contributed by atoms with Crippen LogP contribution in [0, 0.1) is 11.8 Å². The Morgan fingerprint density at radius 2 is 1.85 bits per heavy atom. The van der Waals surface area contributed by atoms with E-state index in [1.165, 1.54) is 4.90 Å². The number of anilines is 1. The van der Waals surface area contributed by atoms with Crippen LogP contribution >= 0.6 is 15.9 Å². The molecule has 3 aromatic rings. The van der Waals surface area contributed by atoms with Crippen LogP contribution in [0.15, 0.2) is 72.8 Å². The Labute approximate surface area is 240 Å². The first kappa shape index (κ1) is 26.9. The fourth-order valence-corrected chi connectivity index (χ4v) is 7.83. The number of halogens is 1. The van der Waals surface area contributed by atoms with Crippen LogP contribution in [-0.2, 0) is 30.3 Å². The largest absolute Gasteiger partial charge is 0.466 e. The number of aliphatic hydroxyl groups is 1. The van der Waals surface area contributed by atoms with Gasteiger partial charge in [-0.3, -0.25) is 14.4 Å². The second-order valence-electron chi connectivity index (χ2n) is 10.7. The average molecular weight is 608 g/mol. The standard InChI is InChI=1S/C31H31BrN2O6/c1-2-39-30(38)24-25-29(37)34(22(17-35)14-18-8-4-3-5-9-18)27(31(25)16-23(32)26(24)40-31)28(36)33-21-13-12-19-10-6-7-11-20(19)15-21/h3-13,15,22-27,35H,2,14,16-17H2,1H3,(H,33,36)/t22-,23?,24-,25+,26-,27-,31+/m1/s1. The molecule has 6 rings (SSSR count). The van der Waals surface area contributed by atoms with Crippen molar-refractivity contribution in [3.63, 3.8) is 0 Å². The molecule has 2 bridgehead atoms. The zero-order valence-electron chi connectivity index (χ0n) is 22.0. The lowest BCUT2D eigenvalue weighted by atomic mass is 9.70. The van der Waals surface area contributed by atoms with E-state index >= 15 is 0 Å². The number of nitrogens with one attached hydrogen (secondary N) is 1. The molecule has 2 amide bonds. The highest BCUT2D eigenvalue weighted by molar-refractivity contribution is 9.09. The van der Waals surface area contributed by atoms with E-state index in [0.717, 1.165) is 16.3 Å². The first-order valence-corrected chi connectivity index (χ1v) is 14.5. The fourth-order valence-electron chi connectivity index (χ4n) is 6.88. The molecule has 8 nitrogen and oxygen atoms in total. The Bertz CT molecular complexity index is 1450. The molecule has 9 heteroatoms. The van der Waals surface area contributed by atoms with E-state index in [0.29, 0.717) is 18.5 Å². The Kier molecular flexibility index (Phi) is 7.14. The molecule has 208 valence electrons. The van der Waals surface area contributed by atoms with Gasteiger partial charge >= 0.3 is 5.97 Å². The van der Waals surface area contributed by atoms with Crippen LogP contribution in [0.2, 0.25) is 0 Å². The fraction of sp³-hybridized carbons (Fsp3) is 0.387. The summed E-state index contributed by atoms with van der Waals surface area (Å²) in [6.45, 7) is 1.54. The minimum Gasteiger partial charge on any atom is -0.466 e. The zero-order valence-corrected chi connectivity index (χ0v) is 23.6. The van der Waals surface area contributed by atoms with Gasteiger partial charge in [-0.15, -0.1) is 0 Å². The molecule has 1 unspecified atom stereocenters. The van der Waals surface area contributed by atoms with E-state index < -0.39 is 47.5 Å². The summed E-state index contributed by atoms with van der Waals surface area (Å²) in [6.07, 6.45) is 0.129. The summed E-state index contributed by atoms with van der Waals surface area (Å²) < 4.78 is 11.9. The van der Waals surface area contributed by atoms with Crippen molar-refractivity contribution in [3.05, 3.63) is 78.4 Å². The van der Waals surface area contributed by atoms with Crippen LogP contribution in [0.4, 0.5) is 5.69 Å². The lowest BCUT2D eigenvalue weighted by Gasteiger charge is -2.37. The summed E-state index contributed by atoms with van der Waals surface area (Å²) in [7, 11) is 0. The number of benzene rings is 3. The number of nitrogens with zero attached hydrogens (tertiary/aromatic N) is 1. The summed E-state index contributed by atoms with van der Waals surface area (Å²) in [5.41, 5.74) is 0.269. The van der Waals surface area contributed by atoms with E-state index in [9.17, 15) is 19.5 Å². The van der Waals surface area contributed by atoms with Crippen molar-refractivity contribution in [2.45, 2.75) is 48.4 Å². The molecule has 0 aliphatic carbocycles. The van der Waals surface area contributed by atoms with Gasteiger partial charge in [-0.25, -0.2) is 0 Å². The number of likely N-dealkylation sites (tertiary alicyclic amines) is 1. The Morgan fingerprint density at radius 1 is 1.12 bits per heavy atom. The first-order valence-electron chi connectivity index (χ1n) is 13.6. The third-order valence-electron chi connectivity index (χ3n) is 8.47. The molecule has 40 heavy (non-hydrogen) atoms. The minimum absolute atomic E-state index is 0.172. The Balaban J connectivity index is 1.40. The molecule has 3 aliphatic rings. The number of carbonyl (C=O) groups excluding carboxylic acids is 3. The van der Waals surface area contributed by atoms with E-state index in [1.54, 1.807) is 6.92 Å². The molecule has 0 saturated carbocycles. The number of carbonyl (C=O) groups is 3. The maximum absolute atomic E-state index is 14.3. The van der Waals surface area contributed by atoms with E-state index in [4.69, 9.17) is 9.47 Å². The summed E-state index contributed by atoms with van der Waals surface area (Å²) in [6, 6.07) is 21.3. The topological polar surface area (TPSA) is 105 Å². The van der Waals surface area contributed by atoms with Crippen LogP contribution in [0.25, 0.3) is 10.8 Å². The number of esters is 1. The molecule has 1 spiro atoms. The first-order chi connectivity index (χ1) is 19.4. The molecule has 3 aromatic carbocycles. The summed E-state index contributed by atoms with van der Waals surface area (Å²) >= 11 is 3.66. The van der Waals surface area contributed by atoms with Gasteiger partial charge < -0.3 is 24.8 Å². The molecular weight excluding hydrogens is 576 g/mol. The summed E-state index contributed by atoms with van der Waals surface area (Å²) in [5.74, 6) is -3.02. The molecular formula is C31H31BrN2O6. The number of rotatable bonds is 8. The van der Waals surface area contributed by atoms with Crippen LogP contribution in [0.1, 0.15) is 18.9 Å². The van der Waals surface area contributed by atoms with Gasteiger partial charge in [-0.05, 0) is 48.2 Å². The Hall–Kier alpha value is -3.27. The quantitative estimate of drug-likeness (QED) is 0.299. The lowest BCUT2D eigenvalue weighted by Crippen LogP contribution is -2.57. The SMILES string of the molecule is CCOC(=O)[C@H]1[C@@H]2O[C@@]3(CC2Br)[C@@H]1C(=O)N([C@@H](CO)Cc1ccccc1)[C@@H]3C(=O)Nc1ccc2ccccc2c1. The second kappa shape index (κ2) is 10.6. The van der Waals surface area contributed by atoms with Crippen LogP contribution in [0.5, 0.6) is 0 Å².